The van der Waals surface area contributed by atoms with Crippen LogP contribution in [0.2, 0.25) is 0 Å². The Morgan fingerprint density at radius 2 is 2.17 bits per heavy atom. The molecule has 118 valence electrons. The first-order valence-electron chi connectivity index (χ1n) is 8.08. The Morgan fingerprint density at radius 3 is 3.00 bits per heavy atom. The predicted octanol–water partition coefficient (Wildman–Crippen LogP) is 2.06. The van der Waals surface area contributed by atoms with Crippen molar-refractivity contribution in [3.63, 3.8) is 0 Å². The van der Waals surface area contributed by atoms with Crippen molar-refractivity contribution >= 4 is 11.7 Å². The van der Waals surface area contributed by atoms with E-state index in [1.807, 2.05) is 11.0 Å². The van der Waals surface area contributed by atoms with Gasteiger partial charge in [0.15, 0.2) is 0 Å². The smallest absolute Gasteiger partial charge is 0.226 e. The molecule has 1 aromatic heterocycles. The van der Waals surface area contributed by atoms with E-state index in [9.17, 15) is 4.79 Å². The summed E-state index contributed by atoms with van der Waals surface area (Å²) in [4.78, 5) is 14.7. The third kappa shape index (κ3) is 2.67. The van der Waals surface area contributed by atoms with Crippen LogP contribution in [-0.2, 0) is 17.8 Å². The van der Waals surface area contributed by atoms with E-state index in [1.165, 1.54) is 11.1 Å². The summed E-state index contributed by atoms with van der Waals surface area (Å²) in [6.07, 6.45) is 1.72. The Labute approximate surface area is 135 Å². The minimum atomic E-state index is 0.130. The molecule has 4 rings (SSSR count). The molecule has 1 aromatic carbocycles. The highest BCUT2D eigenvalue weighted by molar-refractivity contribution is 5.83. The summed E-state index contributed by atoms with van der Waals surface area (Å²) in [5, 5.41) is 8.03. The number of benzene rings is 1. The van der Waals surface area contributed by atoms with E-state index in [0.29, 0.717) is 18.3 Å². The molecule has 1 fully saturated rings. The van der Waals surface area contributed by atoms with Crippen LogP contribution >= 0.6 is 0 Å². The Balaban J connectivity index is 1.47. The first kappa shape index (κ1) is 14.2. The fraction of sp³-hybridized carbons (Fsp3) is 0.389. The molecule has 2 heterocycles. The number of hydrogen-bond donors (Lipinski definition) is 1. The summed E-state index contributed by atoms with van der Waals surface area (Å²) in [6, 6.07) is 10.3. The third-order valence-electron chi connectivity index (χ3n) is 4.85. The molecule has 23 heavy (non-hydrogen) atoms. The minimum absolute atomic E-state index is 0.130. The summed E-state index contributed by atoms with van der Waals surface area (Å²) < 4.78 is 0. The Kier molecular flexibility index (Phi) is 3.29. The maximum Gasteiger partial charge on any atom is 0.226 e. The predicted molar refractivity (Wildman–Crippen MR) is 87.6 cm³/mol. The van der Waals surface area contributed by atoms with E-state index in [2.05, 4.69) is 41.4 Å². The van der Waals surface area contributed by atoms with E-state index in [-0.39, 0.29) is 11.8 Å². The van der Waals surface area contributed by atoms with Crippen LogP contribution in [0.4, 0.5) is 5.82 Å². The lowest BCUT2D eigenvalue weighted by atomic mass is 10.0. The number of fused-ring (bicyclic) bond motifs is 1. The van der Waals surface area contributed by atoms with Crippen LogP contribution in [0.25, 0.3) is 0 Å². The second-order valence-corrected chi connectivity index (χ2v) is 6.61. The molecule has 0 bridgehead atoms. The van der Waals surface area contributed by atoms with Gasteiger partial charge in [0.2, 0.25) is 5.91 Å². The number of anilines is 1. The lowest BCUT2D eigenvalue weighted by Gasteiger charge is -2.28. The van der Waals surface area contributed by atoms with Gasteiger partial charge >= 0.3 is 0 Å². The number of nitrogen functional groups attached to an aromatic ring is 1. The van der Waals surface area contributed by atoms with Gasteiger partial charge in [-0.3, -0.25) is 4.79 Å². The van der Waals surface area contributed by atoms with Crippen LogP contribution in [0.15, 0.2) is 30.3 Å². The highest BCUT2D eigenvalue weighted by atomic mass is 16.2. The van der Waals surface area contributed by atoms with Crippen LogP contribution < -0.4 is 5.73 Å². The second-order valence-electron chi connectivity index (χ2n) is 6.61. The summed E-state index contributed by atoms with van der Waals surface area (Å²) in [6.45, 7) is 3.42. The SMILES string of the molecule is Cc1cccc([C@@H]2C[C@H]2C(=O)N2CCc3nnc(N)cc3C2)c1. The van der Waals surface area contributed by atoms with Crippen molar-refractivity contribution < 1.29 is 4.79 Å². The van der Waals surface area contributed by atoms with Gasteiger partial charge < -0.3 is 10.6 Å². The largest absolute Gasteiger partial charge is 0.382 e. The van der Waals surface area contributed by atoms with Gasteiger partial charge in [-0.15, -0.1) is 5.10 Å². The molecule has 2 aromatic rings. The fourth-order valence-corrected chi connectivity index (χ4v) is 3.51. The van der Waals surface area contributed by atoms with Gasteiger partial charge in [-0.2, -0.15) is 5.10 Å². The van der Waals surface area contributed by atoms with Crippen LogP contribution in [0.1, 0.15) is 34.7 Å². The van der Waals surface area contributed by atoms with Crippen molar-refractivity contribution in [3.05, 3.63) is 52.7 Å². The number of rotatable bonds is 2. The molecule has 2 atom stereocenters. The summed E-state index contributed by atoms with van der Waals surface area (Å²) >= 11 is 0. The molecule has 1 aliphatic carbocycles. The molecule has 2 N–H and O–H groups in total. The maximum atomic E-state index is 12.8. The number of aromatic nitrogens is 2. The third-order valence-corrected chi connectivity index (χ3v) is 4.85. The minimum Gasteiger partial charge on any atom is -0.382 e. The molecule has 0 radical (unpaired) electrons. The Morgan fingerprint density at radius 1 is 1.30 bits per heavy atom. The highest BCUT2D eigenvalue weighted by Crippen LogP contribution is 2.48. The summed E-state index contributed by atoms with van der Waals surface area (Å²) in [5.41, 5.74) is 10.2. The molecular weight excluding hydrogens is 288 g/mol. The monoisotopic (exact) mass is 308 g/mol. The van der Waals surface area contributed by atoms with Gasteiger partial charge in [0.1, 0.15) is 5.82 Å². The van der Waals surface area contributed by atoms with Crippen molar-refractivity contribution in [3.8, 4) is 0 Å². The highest BCUT2D eigenvalue weighted by Gasteiger charge is 2.46. The lowest BCUT2D eigenvalue weighted by Crippen LogP contribution is -2.37. The van der Waals surface area contributed by atoms with Crippen LogP contribution in [-0.4, -0.2) is 27.5 Å². The first-order chi connectivity index (χ1) is 11.1. The van der Waals surface area contributed by atoms with Crippen molar-refractivity contribution in [1.82, 2.24) is 15.1 Å². The molecule has 1 aliphatic heterocycles. The van der Waals surface area contributed by atoms with Crippen LogP contribution in [0.5, 0.6) is 0 Å². The van der Waals surface area contributed by atoms with Gasteiger partial charge in [-0.25, -0.2) is 0 Å². The number of nitrogens with zero attached hydrogens (tertiary/aromatic N) is 3. The number of hydrogen-bond acceptors (Lipinski definition) is 4. The number of nitrogens with two attached hydrogens (primary N) is 1. The quantitative estimate of drug-likeness (QED) is 0.921. The van der Waals surface area contributed by atoms with Crippen molar-refractivity contribution in [2.75, 3.05) is 12.3 Å². The van der Waals surface area contributed by atoms with Crippen LogP contribution in [0, 0.1) is 12.8 Å². The van der Waals surface area contributed by atoms with Gasteiger partial charge in [-0.1, -0.05) is 29.8 Å². The average Bonchev–Trinajstić information content (AvgIpc) is 3.34. The number of carbonyl (C=O) groups is 1. The average molecular weight is 308 g/mol. The molecule has 5 heteroatoms. The van der Waals surface area contributed by atoms with Crippen LogP contribution in [0.3, 0.4) is 0 Å². The molecular formula is C18H20N4O. The zero-order valence-corrected chi connectivity index (χ0v) is 13.2. The summed E-state index contributed by atoms with van der Waals surface area (Å²) in [5.74, 6) is 1.19. The molecule has 0 unspecified atom stereocenters. The van der Waals surface area contributed by atoms with Gasteiger partial charge in [-0.05, 0) is 36.5 Å². The zero-order chi connectivity index (χ0) is 16.0. The molecule has 1 amide bonds. The summed E-state index contributed by atoms with van der Waals surface area (Å²) in [7, 11) is 0. The normalized spacial score (nSPS) is 22.6. The van der Waals surface area contributed by atoms with Crippen molar-refractivity contribution in [2.24, 2.45) is 5.92 Å². The van der Waals surface area contributed by atoms with Crippen molar-refractivity contribution in [2.45, 2.75) is 32.2 Å². The first-order valence-corrected chi connectivity index (χ1v) is 8.08. The van der Waals surface area contributed by atoms with E-state index in [1.54, 1.807) is 0 Å². The van der Waals surface area contributed by atoms with Gasteiger partial charge in [0, 0.05) is 25.4 Å². The van der Waals surface area contributed by atoms with E-state index >= 15 is 0 Å². The molecule has 0 saturated heterocycles. The molecule has 1 saturated carbocycles. The maximum absolute atomic E-state index is 12.8. The van der Waals surface area contributed by atoms with E-state index in [4.69, 9.17) is 5.73 Å². The number of aryl methyl sites for hydroxylation is 1. The standard InChI is InChI=1S/C18H20N4O/c1-11-3-2-4-12(7-11)14-9-15(14)18(23)22-6-5-16-13(10-22)8-17(19)21-20-16/h2-4,7-8,14-15H,5-6,9-10H2,1H3,(H2,19,21)/t14-,15+/m0/s1. The topological polar surface area (TPSA) is 72.1 Å². The molecule has 5 nitrogen and oxygen atoms in total. The van der Waals surface area contributed by atoms with Crippen molar-refractivity contribution in [1.29, 1.82) is 0 Å². The molecule has 2 aliphatic rings. The number of carbonyl (C=O) groups excluding carboxylic acids is 1. The Bertz CT molecular complexity index is 773. The van der Waals surface area contributed by atoms with Gasteiger partial charge in [0.25, 0.3) is 0 Å². The lowest BCUT2D eigenvalue weighted by molar-refractivity contribution is -0.133. The second kappa shape index (κ2) is 5.33. The Hall–Kier alpha value is -2.43. The fourth-order valence-electron chi connectivity index (χ4n) is 3.51. The zero-order valence-electron chi connectivity index (χ0n) is 13.2. The van der Waals surface area contributed by atoms with E-state index < -0.39 is 0 Å². The number of amides is 1. The van der Waals surface area contributed by atoms with Gasteiger partial charge in [0.05, 0.1) is 5.69 Å². The van der Waals surface area contributed by atoms with E-state index in [0.717, 1.165) is 30.6 Å². The molecule has 0 spiro atoms.